The largest absolute Gasteiger partial charge is 0.435 e. The minimum Gasteiger partial charge on any atom is -0.252 e. The fourth-order valence-electron chi connectivity index (χ4n) is 2.35. The van der Waals surface area contributed by atoms with Crippen LogP contribution < -0.4 is 0 Å². The summed E-state index contributed by atoms with van der Waals surface area (Å²) in [5.41, 5.74) is -0.847. The highest BCUT2D eigenvalue weighted by molar-refractivity contribution is 5.82. The lowest BCUT2D eigenvalue weighted by atomic mass is 9.96. The van der Waals surface area contributed by atoms with Gasteiger partial charge < -0.3 is 0 Å². The summed E-state index contributed by atoms with van der Waals surface area (Å²) in [5, 5.41) is 0. The Labute approximate surface area is 133 Å². The van der Waals surface area contributed by atoms with Gasteiger partial charge in [-0.25, -0.2) is 13.8 Å². The molecular weight excluding hydrogens is 327 g/mol. The van der Waals surface area contributed by atoms with Crippen molar-refractivity contribution in [1.29, 1.82) is 0 Å². The summed E-state index contributed by atoms with van der Waals surface area (Å²) in [7, 11) is 0. The van der Waals surface area contributed by atoms with Gasteiger partial charge in [-0.05, 0) is 23.3 Å². The molecule has 0 aliphatic rings. The Bertz CT molecular complexity index is 890. The third kappa shape index (κ3) is 2.97. The van der Waals surface area contributed by atoms with E-state index in [1.165, 1.54) is 24.3 Å². The second-order valence-electron chi connectivity index (χ2n) is 4.93. The van der Waals surface area contributed by atoms with Gasteiger partial charge in [-0.1, -0.05) is 30.3 Å². The maximum atomic E-state index is 13.5. The van der Waals surface area contributed by atoms with Crippen molar-refractivity contribution in [3.8, 4) is 22.4 Å². The average Bonchev–Trinajstić information content (AvgIpc) is 2.57. The van der Waals surface area contributed by atoms with Crippen LogP contribution in [0.5, 0.6) is 0 Å². The second-order valence-corrected chi connectivity index (χ2v) is 4.93. The van der Waals surface area contributed by atoms with Crippen molar-refractivity contribution in [2.45, 2.75) is 6.18 Å². The fourth-order valence-corrected chi connectivity index (χ4v) is 2.35. The van der Waals surface area contributed by atoms with Crippen molar-refractivity contribution in [2.24, 2.45) is 0 Å². The van der Waals surface area contributed by atoms with Crippen LogP contribution >= 0.6 is 0 Å². The molecule has 0 aliphatic carbocycles. The number of benzene rings is 2. The van der Waals surface area contributed by atoms with Gasteiger partial charge in [-0.15, -0.1) is 0 Å². The third-order valence-electron chi connectivity index (χ3n) is 3.38. The monoisotopic (exact) mass is 336 g/mol. The molecule has 1 aromatic heterocycles. The van der Waals surface area contributed by atoms with Crippen LogP contribution in [0.15, 0.2) is 54.9 Å². The topological polar surface area (TPSA) is 25.8 Å². The Kier molecular flexibility index (Phi) is 4.01. The molecule has 24 heavy (non-hydrogen) atoms. The molecule has 0 aliphatic heterocycles. The highest BCUT2D eigenvalue weighted by Crippen LogP contribution is 2.38. The Morgan fingerprint density at radius 3 is 2.08 bits per heavy atom. The molecule has 0 N–H and O–H groups in total. The molecule has 0 fully saturated rings. The summed E-state index contributed by atoms with van der Waals surface area (Å²) in [6, 6.07) is 9.20. The van der Waals surface area contributed by atoms with Crippen LogP contribution in [0.1, 0.15) is 5.69 Å². The SMILES string of the molecule is Fc1ccc(-c2ccccc2-c2nccnc2C(F)(F)F)cc1F. The first-order valence-electron chi connectivity index (χ1n) is 6.81. The molecule has 0 amide bonds. The number of halogens is 5. The van der Waals surface area contributed by atoms with Crippen molar-refractivity contribution >= 4 is 0 Å². The predicted octanol–water partition coefficient (Wildman–Crippen LogP) is 5.11. The molecule has 2 nitrogen and oxygen atoms in total. The summed E-state index contributed by atoms with van der Waals surface area (Å²) in [5.74, 6) is -2.12. The smallest absolute Gasteiger partial charge is 0.252 e. The summed E-state index contributed by atoms with van der Waals surface area (Å²) in [6.07, 6.45) is -2.59. The lowest BCUT2D eigenvalue weighted by molar-refractivity contribution is -0.140. The third-order valence-corrected chi connectivity index (χ3v) is 3.38. The van der Waals surface area contributed by atoms with Crippen LogP contribution in [0.2, 0.25) is 0 Å². The molecule has 1 heterocycles. The Morgan fingerprint density at radius 2 is 1.42 bits per heavy atom. The molecule has 0 bridgehead atoms. The Hall–Kier alpha value is -2.83. The van der Waals surface area contributed by atoms with Gasteiger partial charge in [-0.2, -0.15) is 13.2 Å². The lowest BCUT2D eigenvalue weighted by Gasteiger charge is -2.14. The number of rotatable bonds is 2. The molecule has 3 rings (SSSR count). The average molecular weight is 336 g/mol. The molecule has 2 aromatic carbocycles. The molecule has 0 saturated heterocycles. The van der Waals surface area contributed by atoms with Crippen LogP contribution in [0.4, 0.5) is 22.0 Å². The normalized spacial score (nSPS) is 11.5. The number of hydrogen-bond acceptors (Lipinski definition) is 2. The molecule has 122 valence electrons. The van der Waals surface area contributed by atoms with E-state index < -0.39 is 23.5 Å². The zero-order valence-electron chi connectivity index (χ0n) is 12.0. The predicted molar refractivity (Wildman–Crippen MR) is 77.8 cm³/mol. The molecule has 0 spiro atoms. The van der Waals surface area contributed by atoms with Gasteiger partial charge in [0.15, 0.2) is 17.3 Å². The first-order valence-corrected chi connectivity index (χ1v) is 6.81. The van der Waals surface area contributed by atoms with Crippen molar-refractivity contribution in [1.82, 2.24) is 9.97 Å². The van der Waals surface area contributed by atoms with Crippen molar-refractivity contribution in [3.05, 3.63) is 72.2 Å². The van der Waals surface area contributed by atoms with Crippen LogP contribution in [-0.2, 0) is 6.18 Å². The fraction of sp³-hybridized carbons (Fsp3) is 0.0588. The number of nitrogens with zero attached hydrogens (tertiary/aromatic N) is 2. The van der Waals surface area contributed by atoms with Gasteiger partial charge in [0.05, 0.1) is 0 Å². The minimum absolute atomic E-state index is 0.129. The summed E-state index contributed by atoms with van der Waals surface area (Å²) in [4.78, 5) is 7.16. The summed E-state index contributed by atoms with van der Waals surface area (Å²) in [6.45, 7) is 0. The van der Waals surface area contributed by atoms with Gasteiger partial charge in [0.2, 0.25) is 0 Å². The van der Waals surface area contributed by atoms with E-state index in [4.69, 9.17) is 0 Å². The molecule has 0 saturated carbocycles. The van der Waals surface area contributed by atoms with Crippen molar-refractivity contribution in [3.63, 3.8) is 0 Å². The molecule has 0 unspecified atom stereocenters. The lowest BCUT2D eigenvalue weighted by Crippen LogP contribution is -2.11. The van der Waals surface area contributed by atoms with Crippen LogP contribution in [0.3, 0.4) is 0 Å². The number of hydrogen-bond donors (Lipinski definition) is 0. The molecule has 3 aromatic rings. The van der Waals surface area contributed by atoms with Crippen molar-refractivity contribution < 1.29 is 22.0 Å². The first-order chi connectivity index (χ1) is 11.4. The highest BCUT2D eigenvalue weighted by atomic mass is 19.4. The minimum atomic E-state index is -4.69. The van der Waals surface area contributed by atoms with Gasteiger partial charge >= 0.3 is 6.18 Å². The molecule has 0 radical (unpaired) electrons. The van der Waals surface area contributed by atoms with E-state index in [0.29, 0.717) is 5.56 Å². The molecule has 0 atom stereocenters. The van der Waals surface area contributed by atoms with E-state index in [0.717, 1.165) is 24.5 Å². The van der Waals surface area contributed by atoms with Gasteiger partial charge in [-0.3, -0.25) is 4.98 Å². The molecule has 7 heteroatoms. The van der Waals surface area contributed by atoms with E-state index in [1.807, 2.05) is 0 Å². The van der Waals surface area contributed by atoms with Crippen LogP contribution in [0, 0.1) is 11.6 Å². The van der Waals surface area contributed by atoms with Crippen LogP contribution in [-0.4, -0.2) is 9.97 Å². The van der Waals surface area contributed by atoms with Gasteiger partial charge in [0, 0.05) is 18.0 Å². The van der Waals surface area contributed by atoms with Crippen molar-refractivity contribution in [2.75, 3.05) is 0 Å². The van der Waals surface area contributed by atoms with E-state index in [9.17, 15) is 22.0 Å². The zero-order valence-corrected chi connectivity index (χ0v) is 12.0. The van der Waals surface area contributed by atoms with E-state index in [-0.39, 0.29) is 16.8 Å². The standard InChI is InChI=1S/C17H9F5N2/c18-13-6-5-10(9-14(13)19)11-3-1-2-4-12(11)15-16(17(20,21)22)24-8-7-23-15/h1-9H. The molecular formula is C17H9F5N2. The summed E-state index contributed by atoms with van der Waals surface area (Å²) < 4.78 is 66.1. The maximum Gasteiger partial charge on any atom is 0.435 e. The summed E-state index contributed by atoms with van der Waals surface area (Å²) >= 11 is 0. The van der Waals surface area contributed by atoms with Gasteiger partial charge in [0.1, 0.15) is 5.69 Å². The van der Waals surface area contributed by atoms with Crippen LogP contribution in [0.25, 0.3) is 22.4 Å². The number of alkyl halides is 3. The van der Waals surface area contributed by atoms with E-state index in [1.54, 1.807) is 6.07 Å². The Morgan fingerprint density at radius 1 is 0.750 bits per heavy atom. The van der Waals surface area contributed by atoms with E-state index in [2.05, 4.69) is 9.97 Å². The quantitative estimate of drug-likeness (QED) is 0.608. The second kappa shape index (κ2) is 5.99. The Balaban J connectivity index is 2.23. The van der Waals surface area contributed by atoms with Gasteiger partial charge in [0.25, 0.3) is 0 Å². The highest BCUT2D eigenvalue weighted by Gasteiger charge is 2.36. The van der Waals surface area contributed by atoms with E-state index >= 15 is 0 Å². The zero-order chi connectivity index (χ0) is 17.3. The number of aromatic nitrogens is 2. The first kappa shape index (κ1) is 16.0. The maximum absolute atomic E-state index is 13.5.